The molecule has 4 heteroatoms. The molecule has 1 aliphatic carbocycles. The van der Waals surface area contributed by atoms with Crippen molar-refractivity contribution in [2.45, 2.75) is 126 Å². The second kappa shape index (κ2) is 24.3. The average molecular weight is 1190 g/mol. The van der Waals surface area contributed by atoms with Gasteiger partial charge in [-0.15, -0.1) is 0 Å². The Balaban J connectivity index is 1.17. The smallest absolute Gasteiger partial charge is 0.0620 e. The fourth-order valence-corrected chi connectivity index (χ4v) is 13.7. The van der Waals surface area contributed by atoms with Crippen molar-refractivity contribution < 1.29 is 0 Å². The number of hydrogen-bond acceptors (Lipinski definition) is 4. The van der Waals surface area contributed by atoms with Crippen LogP contribution < -0.4 is 19.6 Å². The van der Waals surface area contributed by atoms with E-state index < -0.39 is 5.41 Å². The maximum absolute atomic E-state index is 2.59. The summed E-state index contributed by atoms with van der Waals surface area (Å²) < 4.78 is 0. The van der Waals surface area contributed by atoms with Gasteiger partial charge in [-0.25, -0.2) is 0 Å². The second-order valence-electron chi connectivity index (χ2n) is 27.4. The lowest BCUT2D eigenvalue weighted by Gasteiger charge is -2.34. The molecule has 1 aliphatic rings. The van der Waals surface area contributed by atoms with E-state index in [1.165, 1.54) is 72.1 Å². The molecule has 0 atom stereocenters. The first-order chi connectivity index (χ1) is 43.8. The maximum atomic E-state index is 2.59. The molecule has 0 fully saturated rings. The Bertz CT molecular complexity index is 4590. The molecule has 0 radical (unpaired) electrons. The lowest BCUT2D eigenvalue weighted by molar-refractivity contribution is 0.661. The molecular formula is C87H86N4. The van der Waals surface area contributed by atoms with Crippen LogP contribution in [0.15, 0.2) is 243 Å². The molecule has 12 aromatic carbocycles. The predicted molar refractivity (Wildman–Crippen MR) is 393 cm³/mol. The predicted octanol–water partition coefficient (Wildman–Crippen LogP) is 25.9. The summed E-state index contributed by atoms with van der Waals surface area (Å²) in [6, 6.07) is 93.1. The summed E-state index contributed by atoms with van der Waals surface area (Å²) in [5, 5.41) is 4.60. The molecule has 13 rings (SSSR count). The van der Waals surface area contributed by atoms with Gasteiger partial charge in [0.15, 0.2) is 0 Å². The van der Waals surface area contributed by atoms with Crippen molar-refractivity contribution >= 4 is 89.8 Å². The molecule has 0 aliphatic heterocycles. The van der Waals surface area contributed by atoms with Gasteiger partial charge in [0.25, 0.3) is 0 Å². The number of nitrogens with zero attached hydrogens (tertiary/aromatic N) is 4. The van der Waals surface area contributed by atoms with Gasteiger partial charge >= 0.3 is 0 Å². The van der Waals surface area contributed by atoms with Crippen LogP contribution in [-0.4, -0.2) is 0 Å². The van der Waals surface area contributed by atoms with E-state index in [-0.39, 0.29) is 0 Å². The number of benzene rings is 12. The lowest BCUT2D eigenvalue weighted by atomic mass is 9.81. The van der Waals surface area contributed by atoms with Crippen LogP contribution in [0.3, 0.4) is 0 Å². The number of rotatable bonds is 16. The van der Waals surface area contributed by atoms with Crippen LogP contribution in [0, 0.1) is 27.7 Å². The van der Waals surface area contributed by atoms with Gasteiger partial charge in [0, 0.05) is 83.8 Å². The summed E-state index contributed by atoms with van der Waals surface area (Å²) in [7, 11) is 0. The summed E-state index contributed by atoms with van der Waals surface area (Å²) in [6.07, 6.45) is 0. The zero-order valence-electron chi connectivity index (χ0n) is 55.7. The van der Waals surface area contributed by atoms with E-state index in [2.05, 4.69) is 359 Å². The zero-order chi connectivity index (χ0) is 63.6. The van der Waals surface area contributed by atoms with Crippen LogP contribution in [0.4, 0.5) is 68.2 Å². The SMILES string of the molecule is Cc1ccc(N(c2ccc(C(C)C)cc2)c2ccc3c(c2)C(C)(C)c2cc4c(N(c5ccc(C)cc5)c5ccc(C(C)C)cc5)c5ccc(N(c6ccc(C)cc6)c6ccc(C(C)C)cc6)cc5c(N(c5ccc(C)cc5)c5ccc(C(C)C)cc5)c4cc2-3)cc1. The van der Waals surface area contributed by atoms with Crippen LogP contribution >= 0.6 is 0 Å². The standard InChI is InChI=1S/C87H86N4/c1-55(2)63-23-39-69(40-24-63)88(67-31-15-59(9)16-32-67)75-48-50-78-80(51-75)86(91(72-37-21-62(12)22-38-72)74-45-29-66(30-46-74)58(7)8)81-53-79-77-49-47-76(89(68-33-17-60(10)18-34-68)70-41-25-64(26-42-70)56(3)4)52-83(77)87(13,14)84(79)54-82(81)85(78)90(71-35-19-61(11)20-36-71)73-43-27-65(28-44-73)57(5)6/h15-58H,1-14H3. The number of hydrogen-bond donors (Lipinski definition) is 0. The quantitative estimate of drug-likeness (QED) is 0.0706. The Morgan fingerprint density at radius 1 is 0.231 bits per heavy atom. The highest BCUT2D eigenvalue weighted by Crippen LogP contribution is 2.58. The second-order valence-corrected chi connectivity index (χ2v) is 27.4. The highest BCUT2D eigenvalue weighted by Gasteiger charge is 2.39. The van der Waals surface area contributed by atoms with Crippen molar-refractivity contribution in [1.82, 2.24) is 0 Å². The highest BCUT2D eigenvalue weighted by atomic mass is 15.2. The summed E-state index contributed by atoms with van der Waals surface area (Å²) >= 11 is 0. The minimum Gasteiger partial charge on any atom is -0.310 e. The Hall–Kier alpha value is -9.64. The Labute approximate surface area is 541 Å². The van der Waals surface area contributed by atoms with E-state index in [9.17, 15) is 0 Å². The van der Waals surface area contributed by atoms with Crippen LogP contribution in [0.5, 0.6) is 0 Å². The molecule has 12 aromatic rings. The monoisotopic (exact) mass is 1190 g/mol. The van der Waals surface area contributed by atoms with Gasteiger partial charge < -0.3 is 19.6 Å². The number of fused-ring (bicyclic) bond motifs is 5. The molecule has 0 aromatic heterocycles. The molecule has 0 heterocycles. The molecular weight excluding hydrogens is 1100 g/mol. The van der Waals surface area contributed by atoms with Crippen molar-refractivity contribution in [3.63, 3.8) is 0 Å². The van der Waals surface area contributed by atoms with Gasteiger partial charge in [-0.1, -0.05) is 201 Å². The molecule has 0 unspecified atom stereocenters. The fraction of sp³-hybridized carbons (Fsp3) is 0.218. The molecule has 0 saturated carbocycles. The Morgan fingerprint density at radius 3 is 0.824 bits per heavy atom. The Kier molecular flexibility index (Phi) is 16.1. The van der Waals surface area contributed by atoms with Gasteiger partial charge in [0.05, 0.1) is 11.4 Å². The first-order valence-corrected chi connectivity index (χ1v) is 32.9. The third kappa shape index (κ3) is 11.4. The zero-order valence-corrected chi connectivity index (χ0v) is 55.7. The molecule has 0 spiro atoms. The van der Waals surface area contributed by atoms with Crippen LogP contribution in [0.2, 0.25) is 0 Å². The molecule has 4 nitrogen and oxygen atoms in total. The molecule has 91 heavy (non-hydrogen) atoms. The summed E-state index contributed by atoms with van der Waals surface area (Å²) in [4.78, 5) is 10.00. The number of aryl methyl sites for hydroxylation is 4. The first-order valence-electron chi connectivity index (χ1n) is 32.9. The van der Waals surface area contributed by atoms with Crippen molar-refractivity contribution in [3.05, 3.63) is 298 Å². The van der Waals surface area contributed by atoms with E-state index in [1.807, 2.05) is 0 Å². The number of anilines is 12. The maximum Gasteiger partial charge on any atom is 0.0620 e. The van der Waals surface area contributed by atoms with E-state index >= 15 is 0 Å². The van der Waals surface area contributed by atoms with Gasteiger partial charge in [-0.3, -0.25) is 0 Å². The van der Waals surface area contributed by atoms with Crippen molar-refractivity contribution in [2.24, 2.45) is 0 Å². The van der Waals surface area contributed by atoms with E-state index in [0.29, 0.717) is 23.7 Å². The van der Waals surface area contributed by atoms with Gasteiger partial charge in [-0.2, -0.15) is 0 Å². The molecule has 0 bridgehead atoms. The van der Waals surface area contributed by atoms with Gasteiger partial charge in [0.1, 0.15) is 0 Å². The third-order valence-electron chi connectivity index (χ3n) is 19.2. The van der Waals surface area contributed by atoms with E-state index in [1.54, 1.807) is 0 Å². The summed E-state index contributed by atoms with van der Waals surface area (Å²) in [5.41, 5.74) is 28.2. The average Bonchev–Trinajstić information content (AvgIpc) is 1.68. The van der Waals surface area contributed by atoms with Crippen LogP contribution in [-0.2, 0) is 5.41 Å². The third-order valence-corrected chi connectivity index (χ3v) is 19.2. The lowest BCUT2D eigenvalue weighted by Crippen LogP contribution is -2.18. The molecule has 0 N–H and O–H groups in total. The molecule has 454 valence electrons. The normalized spacial score (nSPS) is 12.5. The largest absolute Gasteiger partial charge is 0.310 e. The highest BCUT2D eigenvalue weighted by molar-refractivity contribution is 6.25. The Morgan fingerprint density at radius 2 is 0.484 bits per heavy atom. The fourth-order valence-electron chi connectivity index (χ4n) is 13.7. The summed E-state index contributed by atoms with van der Waals surface area (Å²) in [6.45, 7) is 31.8. The molecule has 0 amide bonds. The minimum atomic E-state index is -0.401. The molecule has 0 saturated heterocycles. The van der Waals surface area contributed by atoms with Crippen molar-refractivity contribution in [1.29, 1.82) is 0 Å². The summed E-state index contributed by atoms with van der Waals surface area (Å²) in [5.74, 6) is 1.58. The van der Waals surface area contributed by atoms with Gasteiger partial charge in [-0.05, 0) is 229 Å². The topological polar surface area (TPSA) is 13.0 Å². The van der Waals surface area contributed by atoms with Crippen molar-refractivity contribution in [3.8, 4) is 11.1 Å². The first kappa shape index (κ1) is 60.3. The van der Waals surface area contributed by atoms with Gasteiger partial charge in [0.2, 0.25) is 0 Å². The van der Waals surface area contributed by atoms with E-state index in [0.717, 1.165) is 84.4 Å². The minimum absolute atomic E-state index is 0.371. The van der Waals surface area contributed by atoms with Crippen LogP contribution in [0.1, 0.15) is 149 Å². The van der Waals surface area contributed by atoms with Crippen molar-refractivity contribution in [2.75, 3.05) is 19.6 Å². The van der Waals surface area contributed by atoms with E-state index in [4.69, 9.17) is 0 Å². The van der Waals surface area contributed by atoms with Crippen LogP contribution in [0.25, 0.3) is 32.7 Å².